The molecule has 0 aromatic heterocycles. The van der Waals surface area contributed by atoms with Crippen molar-refractivity contribution in [3.63, 3.8) is 0 Å². The number of anilines is 1. The number of rotatable bonds is 3. The van der Waals surface area contributed by atoms with E-state index < -0.39 is 22.4 Å². The molecule has 0 bridgehead atoms. The zero-order valence-electron chi connectivity index (χ0n) is 13.8. The molecule has 1 N–H and O–H groups in total. The highest BCUT2D eigenvalue weighted by atomic mass is 35.5. The van der Waals surface area contributed by atoms with E-state index in [2.05, 4.69) is 5.32 Å². The Morgan fingerprint density at radius 2 is 1.84 bits per heavy atom. The Kier molecular flexibility index (Phi) is 5.27. The molecule has 0 atom stereocenters. The Labute approximate surface area is 148 Å². The molecule has 0 aliphatic carbocycles. The first-order valence-corrected chi connectivity index (χ1v) is 7.68. The Morgan fingerprint density at radius 3 is 2.36 bits per heavy atom. The van der Waals surface area contributed by atoms with Crippen molar-refractivity contribution in [3.8, 4) is 11.1 Å². The van der Waals surface area contributed by atoms with Crippen molar-refractivity contribution in [2.45, 2.75) is 26.4 Å². The highest BCUT2D eigenvalue weighted by molar-refractivity contribution is 6.34. The van der Waals surface area contributed by atoms with Gasteiger partial charge in [0, 0.05) is 11.6 Å². The summed E-state index contributed by atoms with van der Waals surface area (Å²) < 4.78 is 18.1. The van der Waals surface area contributed by atoms with Crippen molar-refractivity contribution >= 4 is 29.1 Å². The van der Waals surface area contributed by atoms with Crippen LogP contribution >= 0.6 is 11.6 Å². The number of nitrogens with zero attached hydrogens (tertiary/aromatic N) is 1. The molecule has 2 rings (SSSR count). The molecule has 0 aliphatic heterocycles. The molecular formula is C17H16ClFN2O4. The monoisotopic (exact) mass is 366 g/mol. The molecule has 0 saturated carbocycles. The van der Waals surface area contributed by atoms with Crippen molar-refractivity contribution < 1.29 is 18.8 Å². The lowest BCUT2D eigenvalue weighted by molar-refractivity contribution is -0.383. The number of carbonyl (C=O) groups is 1. The van der Waals surface area contributed by atoms with Crippen LogP contribution in [0.15, 0.2) is 36.4 Å². The molecule has 0 fully saturated rings. The van der Waals surface area contributed by atoms with Crippen molar-refractivity contribution in [3.05, 3.63) is 57.4 Å². The van der Waals surface area contributed by atoms with Crippen LogP contribution in [0.5, 0.6) is 0 Å². The topological polar surface area (TPSA) is 81.5 Å². The second-order valence-electron chi connectivity index (χ2n) is 6.24. The van der Waals surface area contributed by atoms with Crippen LogP contribution in [0.1, 0.15) is 20.8 Å². The SMILES string of the molecule is CC(C)(C)OC(=O)Nc1cc(Cl)c(-c2ccc(F)cc2)cc1[N+](=O)[O-]. The number of hydrogen-bond donors (Lipinski definition) is 1. The van der Waals surface area contributed by atoms with Crippen LogP contribution in [0.3, 0.4) is 0 Å². The zero-order chi connectivity index (χ0) is 18.8. The number of hydrogen-bond acceptors (Lipinski definition) is 4. The number of ether oxygens (including phenoxy) is 1. The number of carbonyl (C=O) groups excluding carboxylic acids is 1. The van der Waals surface area contributed by atoms with Crippen molar-refractivity contribution in [2.75, 3.05) is 5.32 Å². The van der Waals surface area contributed by atoms with Crippen LogP contribution in [0.25, 0.3) is 11.1 Å². The number of nitro groups is 1. The van der Waals surface area contributed by atoms with Gasteiger partial charge < -0.3 is 4.74 Å². The third-order valence-corrected chi connectivity index (χ3v) is 3.39. The van der Waals surface area contributed by atoms with Gasteiger partial charge >= 0.3 is 6.09 Å². The predicted molar refractivity (Wildman–Crippen MR) is 93.4 cm³/mol. The molecule has 132 valence electrons. The summed E-state index contributed by atoms with van der Waals surface area (Å²) in [5, 5.41) is 13.8. The average molecular weight is 367 g/mol. The second-order valence-corrected chi connectivity index (χ2v) is 6.65. The lowest BCUT2D eigenvalue weighted by Gasteiger charge is -2.19. The number of nitro benzene ring substituents is 1. The molecule has 1 amide bonds. The highest BCUT2D eigenvalue weighted by Crippen LogP contribution is 2.37. The minimum atomic E-state index is -0.832. The number of benzene rings is 2. The van der Waals surface area contributed by atoms with Gasteiger partial charge in [-0.25, -0.2) is 9.18 Å². The fourth-order valence-corrected chi connectivity index (χ4v) is 2.35. The summed E-state index contributed by atoms with van der Waals surface area (Å²) in [4.78, 5) is 22.6. The first kappa shape index (κ1) is 18.7. The number of amides is 1. The van der Waals surface area contributed by atoms with E-state index in [1.807, 2.05) is 0 Å². The van der Waals surface area contributed by atoms with Crippen LogP contribution in [-0.2, 0) is 4.74 Å². The summed E-state index contributed by atoms with van der Waals surface area (Å²) in [7, 11) is 0. The first-order chi connectivity index (χ1) is 11.6. The summed E-state index contributed by atoms with van der Waals surface area (Å²) in [6.07, 6.45) is -0.832. The zero-order valence-corrected chi connectivity index (χ0v) is 14.6. The van der Waals surface area contributed by atoms with Crippen LogP contribution in [0.2, 0.25) is 5.02 Å². The molecule has 0 aliphatic rings. The van der Waals surface area contributed by atoms with Gasteiger partial charge in [0.1, 0.15) is 17.1 Å². The molecule has 2 aromatic carbocycles. The molecule has 0 spiro atoms. The third kappa shape index (κ3) is 4.90. The molecule has 0 saturated heterocycles. The van der Waals surface area contributed by atoms with E-state index in [9.17, 15) is 19.3 Å². The standard InChI is InChI=1S/C17H16ClFN2O4/c1-17(2,3)25-16(22)20-14-9-13(18)12(8-15(14)21(23)24)10-4-6-11(19)7-5-10/h4-9H,1-3H3,(H,20,22). The van der Waals surface area contributed by atoms with Crippen molar-refractivity contribution in [2.24, 2.45) is 0 Å². The van der Waals surface area contributed by atoms with Crippen molar-refractivity contribution in [1.29, 1.82) is 0 Å². The van der Waals surface area contributed by atoms with Crippen molar-refractivity contribution in [1.82, 2.24) is 0 Å². The normalized spacial score (nSPS) is 11.1. The van der Waals surface area contributed by atoms with E-state index in [1.165, 1.54) is 36.4 Å². The maximum absolute atomic E-state index is 13.1. The van der Waals surface area contributed by atoms with Gasteiger partial charge in [-0.05, 0) is 44.5 Å². The van der Waals surface area contributed by atoms with E-state index in [1.54, 1.807) is 20.8 Å². The quantitative estimate of drug-likeness (QED) is 0.582. The number of halogens is 2. The van der Waals surface area contributed by atoms with Gasteiger partial charge in [0.25, 0.3) is 5.69 Å². The molecular weight excluding hydrogens is 351 g/mol. The largest absolute Gasteiger partial charge is 0.444 e. The maximum atomic E-state index is 13.1. The Hall–Kier alpha value is -2.67. The molecule has 2 aromatic rings. The van der Waals surface area contributed by atoms with Gasteiger partial charge in [0.15, 0.2) is 0 Å². The Morgan fingerprint density at radius 1 is 1.24 bits per heavy atom. The van der Waals surface area contributed by atoms with Gasteiger partial charge in [-0.1, -0.05) is 23.7 Å². The average Bonchev–Trinajstić information content (AvgIpc) is 2.46. The van der Waals surface area contributed by atoms with Crippen LogP contribution in [0, 0.1) is 15.9 Å². The fraction of sp³-hybridized carbons (Fsp3) is 0.235. The van der Waals surface area contributed by atoms with E-state index >= 15 is 0 Å². The van der Waals surface area contributed by atoms with E-state index in [0.29, 0.717) is 11.1 Å². The first-order valence-electron chi connectivity index (χ1n) is 7.31. The summed E-state index contributed by atoms with van der Waals surface area (Å²) in [6, 6.07) is 7.86. The Balaban J connectivity index is 2.42. The van der Waals surface area contributed by atoms with E-state index in [-0.39, 0.29) is 16.4 Å². The fourth-order valence-electron chi connectivity index (χ4n) is 2.08. The third-order valence-electron chi connectivity index (χ3n) is 3.07. The predicted octanol–water partition coefficient (Wildman–Crippen LogP) is 5.40. The van der Waals surface area contributed by atoms with Crippen LogP contribution in [-0.4, -0.2) is 16.6 Å². The minimum Gasteiger partial charge on any atom is -0.444 e. The van der Waals surface area contributed by atoms with Crippen LogP contribution in [0.4, 0.5) is 20.6 Å². The summed E-state index contributed by atoms with van der Waals surface area (Å²) in [6.45, 7) is 5.02. The lowest BCUT2D eigenvalue weighted by atomic mass is 10.0. The molecule has 0 radical (unpaired) electrons. The summed E-state index contributed by atoms with van der Waals surface area (Å²) in [5.74, 6) is -0.433. The highest BCUT2D eigenvalue weighted by Gasteiger charge is 2.23. The second kappa shape index (κ2) is 7.06. The van der Waals surface area contributed by atoms with Gasteiger partial charge in [-0.15, -0.1) is 0 Å². The Bertz CT molecular complexity index is 817. The smallest absolute Gasteiger partial charge is 0.412 e. The van der Waals surface area contributed by atoms with Crippen LogP contribution < -0.4 is 5.32 Å². The molecule has 0 unspecified atom stereocenters. The number of nitrogens with one attached hydrogen (secondary N) is 1. The summed E-state index contributed by atoms with van der Waals surface area (Å²) in [5.41, 5.74) is -0.331. The van der Waals surface area contributed by atoms with Gasteiger partial charge in [0.05, 0.1) is 9.95 Å². The maximum Gasteiger partial charge on any atom is 0.412 e. The molecule has 6 nitrogen and oxygen atoms in total. The lowest BCUT2D eigenvalue weighted by Crippen LogP contribution is -2.27. The summed E-state index contributed by atoms with van der Waals surface area (Å²) >= 11 is 6.19. The van der Waals surface area contributed by atoms with Gasteiger partial charge in [-0.3, -0.25) is 15.4 Å². The minimum absolute atomic E-state index is 0.0879. The van der Waals surface area contributed by atoms with E-state index in [4.69, 9.17) is 16.3 Å². The molecule has 0 heterocycles. The van der Waals surface area contributed by atoms with Gasteiger partial charge in [-0.2, -0.15) is 0 Å². The van der Waals surface area contributed by atoms with Gasteiger partial charge in [0.2, 0.25) is 0 Å². The molecule has 25 heavy (non-hydrogen) atoms. The molecule has 8 heteroatoms. The van der Waals surface area contributed by atoms with E-state index in [0.717, 1.165) is 0 Å².